The molecule has 0 radical (unpaired) electrons. The molecule has 0 fully saturated rings. The Morgan fingerprint density at radius 2 is 1.81 bits per heavy atom. The fourth-order valence-corrected chi connectivity index (χ4v) is 3.81. The lowest BCUT2D eigenvalue weighted by Gasteiger charge is -2.28. The average molecular weight is 449 g/mol. The largest absolute Gasteiger partial charge is 0.379 e. The van der Waals surface area contributed by atoms with Crippen molar-refractivity contribution < 1.29 is 26.9 Å². The van der Waals surface area contributed by atoms with Gasteiger partial charge in [-0.25, -0.2) is 0 Å². The summed E-state index contributed by atoms with van der Waals surface area (Å²) in [5, 5.41) is 2.57. The first-order valence-electron chi connectivity index (χ1n) is 9.85. The van der Waals surface area contributed by atoms with Gasteiger partial charge < -0.3 is 19.1 Å². The summed E-state index contributed by atoms with van der Waals surface area (Å²) in [5.41, 5.74) is 1.22. The Morgan fingerprint density at radius 3 is 2.39 bits per heavy atom. The second kappa shape index (κ2) is 10.9. The van der Waals surface area contributed by atoms with E-state index in [1.54, 1.807) is 23.1 Å². The molecule has 0 aliphatic carbocycles. The van der Waals surface area contributed by atoms with Gasteiger partial charge in [-0.2, -0.15) is 8.42 Å². The van der Waals surface area contributed by atoms with Crippen molar-refractivity contribution in [1.82, 2.24) is 4.90 Å². The number of carbonyl (C=O) groups is 2. The van der Waals surface area contributed by atoms with E-state index >= 15 is 0 Å². The quantitative estimate of drug-likeness (QED) is 0.560. The number of nitrogens with zero attached hydrogens (tertiary/aromatic N) is 1. The lowest BCUT2D eigenvalue weighted by Crippen LogP contribution is -2.39. The molecule has 2 aromatic rings. The third-order valence-corrected chi connectivity index (χ3v) is 5.89. The van der Waals surface area contributed by atoms with E-state index in [0.717, 1.165) is 12.0 Å². The standard InChI is InChI=1S/C22H28N2O6S/c1-5-16(2)24(22(26)15-29-4)14-18-7-6-8-20(13-18)30-31(27,28)21-11-9-19(10-12-21)23-17(3)25/h6-13,16H,5,14-15H2,1-4H3,(H,23,25). The van der Waals surface area contributed by atoms with Crippen molar-refractivity contribution in [3.8, 4) is 5.75 Å². The molecule has 168 valence electrons. The third-order valence-electron chi connectivity index (χ3n) is 4.63. The monoisotopic (exact) mass is 448 g/mol. The summed E-state index contributed by atoms with van der Waals surface area (Å²) in [5.74, 6) is -0.249. The maximum atomic E-state index is 12.6. The molecule has 1 N–H and O–H groups in total. The number of benzene rings is 2. The van der Waals surface area contributed by atoms with E-state index in [2.05, 4.69) is 5.32 Å². The van der Waals surface area contributed by atoms with Gasteiger partial charge in [-0.1, -0.05) is 19.1 Å². The summed E-state index contributed by atoms with van der Waals surface area (Å²) in [6, 6.07) is 12.3. The maximum absolute atomic E-state index is 12.6. The van der Waals surface area contributed by atoms with Crippen molar-refractivity contribution in [1.29, 1.82) is 0 Å². The molecule has 0 heterocycles. The third kappa shape index (κ3) is 7.08. The fraction of sp³-hybridized carbons (Fsp3) is 0.364. The number of anilines is 1. The van der Waals surface area contributed by atoms with Gasteiger partial charge in [0, 0.05) is 32.3 Å². The molecule has 0 aromatic heterocycles. The van der Waals surface area contributed by atoms with Crippen LogP contribution in [0.3, 0.4) is 0 Å². The van der Waals surface area contributed by atoms with Crippen LogP contribution < -0.4 is 9.50 Å². The van der Waals surface area contributed by atoms with Crippen LogP contribution in [0.5, 0.6) is 5.75 Å². The van der Waals surface area contributed by atoms with Crippen molar-refractivity contribution in [3.63, 3.8) is 0 Å². The molecule has 9 heteroatoms. The van der Waals surface area contributed by atoms with Crippen LogP contribution in [0.4, 0.5) is 5.69 Å². The van der Waals surface area contributed by atoms with Crippen LogP contribution in [0.2, 0.25) is 0 Å². The van der Waals surface area contributed by atoms with Gasteiger partial charge in [0.2, 0.25) is 11.8 Å². The Balaban J connectivity index is 2.18. The number of carbonyl (C=O) groups excluding carboxylic acids is 2. The number of ether oxygens (including phenoxy) is 1. The Kier molecular flexibility index (Phi) is 8.58. The highest BCUT2D eigenvalue weighted by Crippen LogP contribution is 2.22. The highest BCUT2D eigenvalue weighted by atomic mass is 32.2. The SMILES string of the molecule is CCC(C)N(Cc1cccc(OS(=O)(=O)c2ccc(NC(C)=O)cc2)c1)C(=O)COC. The predicted molar refractivity (Wildman–Crippen MR) is 117 cm³/mol. The highest BCUT2D eigenvalue weighted by molar-refractivity contribution is 7.87. The Hall–Kier alpha value is -2.91. The zero-order valence-electron chi connectivity index (χ0n) is 18.1. The molecule has 0 saturated carbocycles. The Morgan fingerprint density at radius 1 is 1.13 bits per heavy atom. The molecule has 1 atom stereocenters. The van der Waals surface area contributed by atoms with Crippen LogP contribution >= 0.6 is 0 Å². The molecule has 2 rings (SSSR count). The first-order chi connectivity index (χ1) is 14.7. The summed E-state index contributed by atoms with van der Waals surface area (Å²) >= 11 is 0. The normalized spacial score (nSPS) is 12.1. The average Bonchev–Trinajstić information content (AvgIpc) is 2.71. The molecule has 0 aliphatic heterocycles. The Labute approximate surface area is 183 Å². The van der Waals surface area contributed by atoms with Crippen molar-refractivity contribution in [2.45, 2.75) is 44.7 Å². The smallest absolute Gasteiger partial charge is 0.339 e. The van der Waals surface area contributed by atoms with Gasteiger partial charge in [-0.3, -0.25) is 9.59 Å². The lowest BCUT2D eigenvalue weighted by molar-refractivity contribution is -0.138. The van der Waals surface area contributed by atoms with Gasteiger partial charge in [0.15, 0.2) is 0 Å². The number of amides is 2. The number of nitrogens with one attached hydrogen (secondary N) is 1. The van der Waals surface area contributed by atoms with Gasteiger partial charge >= 0.3 is 10.1 Å². The summed E-state index contributed by atoms with van der Waals surface area (Å²) in [6.07, 6.45) is 0.772. The molecule has 8 nitrogen and oxygen atoms in total. The van der Waals surface area contributed by atoms with Gasteiger partial charge in [-0.05, 0) is 55.3 Å². The van der Waals surface area contributed by atoms with Crippen molar-refractivity contribution in [2.24, 2.45) is 0 Å². The molecule has 1 unspecified atom stereocenters. The second-order valence-electron chi connectivity index (χ2n) is 7.10. The van der Waals surface area contributed by atoms with E-state index in [1.165, 1.54) is 44.4 Å². The number of hydrogen-bond acceptors (Lipinski definition) is 6. The molecule has 0 spiro atoms. The van der Waals surface area contributed by atoms with Crippen LogP contribution in [-0.4, -0.2) is 44.9 Å². The maximum Gasteiger partial charge on any atom is 0.339 e. The lowest BCUT2D eigenvalue weighted by atomic mass is 10.1. The molecular formula is C22H28N2O6S. The molecule has 2 aromatic carbocycles. The summed E-state index contributed by atoms with van der Waals surface area (Å²) in [4.78, 5) is 25.1. The van der Waals surface area contributed by atoms with Crippen molar-refractivity contribution in [2.75, 3.05) is 19.0 Å². The molecular weight excluding hydrogens is 420 g/mol. The topological polar surface area (TPSA) is 102 Å². The van der Waals surface area contributed by atoms with E-state index in [9.17, 15) is 18.0 Å². The van der Waals surface area contributed by atoms with Crippen molar-refractivity contribution in [3.05, 3.63) is 54.1 Å². The fourth-order valence-electron chi connectivity index (χ4n) is 2.89. The first kappa shape index (κ1) is 24.4. The van der Waals surface area contributed by atoms with Gasteiger partial charge in [0.1, 0.15) is 17.3 Å². The summed E-state index contributed by atoms with van der Waals surface area (Å²) < 4.78 is 35.5. The first-order valence-corrected chi connectivity index (χ1v) is 11.3. The predicted octanol–water partition coefficient (Wildman–Crippen LogP) is 3.19. The van der Waals surface area contributed by atoms with Crippen molar-refractivity contribution >= 4 is 27.6 Å². The molecule has 31 heavy (non-hydrogen) atoms. The van der Waals surface area contributed by atoms with Gasteiger partial charge in [0.25, 0.3) is 0 Å². The molecule has 0 aliphatic rings. The summed E-state index contributed by atoms with van der Waals surface area (Å²) in [7, 11) is -2.60. The minimum Gasteiger partial charge on any atom is -0.379 e. The summed E-state index contributed by atoms with van der Waals surface area (Å²) in [6.45, 7) is 5.58. The van der Waals surface area contributed by atoms with Crippen LogP contribution in [0.15, 0.2) is 53.4 Å². The van der Waals surface area contributed by atoms with Gasteiger partial charge in [0.05, 0.1) is 0 Å². The van der Waals surface area contributed by atoms with E-state index < -0.39 is 10.1 Å². The molecule has 0 saturated heterocycles. The zero-order chi connectivity index (χ0) is 23.0. The van der Waals surface area contributed by atoms with E-state index in [4.69, 9.17) is 8.92 Å². The second-order valence-corrected chi connectivity index (χ2v) is 8.65. The molecule has 0 bridgehead atoms. The highest BCUT2D eigenvalue weighted by Gasteiger charge is 2.20. The van der Waals surface area contributed by atoms with E-state index in [0.29, 0.717) is 12.2 Å². The number of methoxy groups -OCH3 is 1. The van der Waals surface area contributed by atoms with Crippen LogP contribution in [0.25, 0.3) is 0 Å². The van der Waals surface area contributed by atoms with E-state index in [1.807, 2.05) is 13.8 Å². The molecule has 2 amide bonds. The minimum atomic E-state index is -4.06. The van der Waals surface area contributed by atoms with Crippen LogP contribution in [-0.2, 0) is 31.0 Å². The zero-order valence-corrected chi connectivity index (χ0v) is 18.9. The van der Waals surface area contributed by atoms with E-state index in [-0.39, 0.29) is 35.1 Å². The number of rotatable bonds is 10. The minimum absolute atomic E-state index is 0.00177. The van der Waals surface area contributed by atoms with Crippen LogP contribution in [0, 0.1) is 0 Å². The number of hydrogen-bond donors (Lipinski definition) is 1. The Bertz CT molecular complexity index is 1000. The van der Waals surface area contributed by atoms with Crippen LogP contribution in [0.1, 0.15) is 32.8 Å². The van der Waals surface area contributed by atoms with Gasteiger partial charge in [-0.15, -0.1) is 0 Å².